The first-order chi connectivity index (χ1) is 12.7. The molecule has 7 heteroatoms. The molecule has 0 atom stereocenters. The number of hydrogen-bond donors (Lipinski definition) is 0. The highest BCUT2D eigenvalue weighted by molar-refractivity contribution is 7.98. The van der Waals surface area contributed by atoms with Crippen molar-refractivity contribution in [2.75, 3.05) is 0 Å². The van der Waals surface area contributed by atoms with Crippen LogP contribution in [0.5, 0.6) is 0 Å². The minimum Gasteiger partial charge on any atom is -0.191 e. The molecule has 0 radical (unpaired) electrons. The maximum absolute atomic E-state index is 6.04. The van der Waals surface area contributed by atoms with E-state index in [1.165, 1.54) is 5.56 Å². The Labute approximate surface area is 167 Å². The molecule has 1 heterocycles. The summed E-state index contributed by atoms with van der Waals surface area (Å²) in [7, 11) is 0. The van der Waals surface area contributed by atoms with Gasteiger partial charge in [0.1, 0.15) is 0 Å². The van der Waals surface area contributed by atoms with Gasteiger partial charge in [0.05, 0.1) is 6.21 Å². The Bertz CT molecular complexity index is 891. The number of hydrogen-bond acceptors (Lipinski definition) is 4. The molecule has 0 fully saturated rings. The lowest BCUT2D eigenvalue weighted by molar-refractivity contribution is 0.700. The summed E-state index contributed by atoms with van der Waals surface area (Å²) in [6.07, 6.45) is 3.58. The molecule has 3 aromatic rings. The fourth-order valence-electron chi connectivity index (χ4n) is 2.32. The van der Waals surface area contributed by atoms with E-state index in [2.05, 4.69) is 22.2 Å². The molecule has 0 bridgehead atoms. The van der Waals surface area contributed by atoms with Crippen molar-refractivity contribution in [2.24, 2.45) is 5.10 Å². The molecule has 2 aromatic carbocycles. The fourth-order valence-corrected chi connectivity index (χ4v) is 3.51. The second kappa shape index (κ2) is 9.21. The summed E-state index contributed by atoms with van der Waals surface area (Å²) >= 11 is 13.6. The van der Waals surface area contributed by atoms with Crippen LogP contribution in [0.3, 0.4) is 0 Å². The van der Waals surface area contributed by atoms with Gasteiger partial charge in [-0.2, -0.15) is 9.78 Å². The van der Waals surface area contributed by atoms with Crippen molar-refractivity contribution in [3.63, 3.8) is 0 Å². The Morgan fingerprint density at radius 1 is 1.08 bits per heavy atom. The van der Waals surface area contributed by atoms with E-state index in [-0.39, 0.29) is 0 Å². The molecule has 0 unspecified atom stereocenters. The normalized spacial score (nSPS) is 11.3. The lowest BCUT2D eigenvalue weighted by atomic mass is 10.2. The van der Waals surface area contributed by atoms with E-state index in [1.807, 2.05) is 53.2 Å². The Hall–Kier alpha value is -1.82. The van der Waals surface area contributed by atoms with Gasteiger partial charge in [-0.05, 0) is 41.8 Å². The van der Waals surface area contributed by atoms with Gasteiger partial charge in [-0.3, -0.25) is 0 Å². The summed E-state index contributed by atoms with van der Waals surface area (Å²) in [6.45, 7) is 2.11. The number of aryl methyl sites for hydroxylation is 1. The van der Waals surface area contributed by atoms with Crippen LogP contribution in [-0.2, 0) is 12.2 Å². The number of rotatable bonds is 7. The molecule has 0 saturated heterocycles. The van der Waals surface area contributed by atoms with Crippen molar-refractivity contribution < 1.29 is 0 Å². The maximum Gasteiger partial charge on any atom is 0.212 e. The standard InChI is InChI=1S/C19H18Cl2N4S/c1-2-4-18-23-24-19(26-13-14-7-9-16(20)10-8-14)25(18)22-12-15-5-3-6-17(21)11-15/h3,5-12H,2,4,13H2,1H3/b22-12+. The number of aromatic nitrogens is 3. The van der Waals surface area contributed by atoms with E-state index in [0.717, 1.165) is 40.2 Å². The molecule has 3 rings (SSSR count). The molecule has 0 aliphatic heterocycles. The van der Waals surface area contributed by atoms with Gasteiger partial charge in [-0.25, -0.2) is 0 Å². The zero-order chi connectivity index (χ0) is 18.4. The van der Waals surface area contributed by atoms with Crippen molar-refractivity contribution >= 4 is 41.2 Å². The third-order valence-electron chi connectivity index (χ3n) is 3.60. The first kappa shape index (κ1) is 19.0. The minimum atomic E-state index is 0.684. The smallest absolute Gasteiger partial charge is 0.191 e. The summed E-state index contributed by atoms with van der Waals surface area (Å²) in [5, 5.41) is 15.4. The van der Waals surface area contributed by atoms with Crippen molar-refractivity contribution in [2.45, 2.75) is 30.7 Å². The lowest BCUT2D eigenvalue weighted by Gasteiger charge is -2.04. The highest BCUT2D eigenvalue weighted by atomic mass is 35.5. The first-order valence-corrected chi connectivity index (χ1v) is 10.0. The molecule has 4 nitrogen and oxygen atoms in total. The highest BCUT2D eigenvalue weighted by Crippen LogP contribution is 2.23. The molecule has 134 valence electrons. The summed E-state index contributed by atoms with van der Waals surface area (Å²) in [4.78, 5) is 0. The molecule has 0 N–H and O–H groups in total. The van der Waals surface area contributed by atoms with E-state index in [4.69, 9.17) is 23.2 Å². The second-order valence-electron chi connectivity index (χ2n) is 5.68. The van der Waals surface area contributed by atoms with E-state index >= 15 is 0 Å². The Balaban J connectivity index is 1.80. The van der Waals surface area contributed by atoms with Gasteiger partial charge < -0.3 is 0 Å². The topological polar surface area (TPSA) is 43.1 Å². The van der Waals surface area contributed by atoms with Crippen molar-refractivity contribution in [3.05, 3.63) is 75.5 Å². The SMILES string of the molecule is CCCc1nnc(SCc2ccc(Cl)cc2)n1/N=C/c1cccc(Cl)c1. The zero-order valence-electron chi connectivity index (χ0n) is 14.3. The van der Waals surface area contributed by atoms with Crippen LogP contribution in [0.2, 0.25) is 10.0 Å². The summed E-state index contributed by atoms with van der Waals surface area (Å²) in [6, 6.07) is 15.4. The molecule has 1 aromatic heterocycles. The predicted molar refractivity (Wildman–Crippen MR) is 109 cm³/mol. The number of nitrogens with zero attached hydrogens (tertiary/aromatic N) is 4. The van der Waals surface area contributed by atoms with Gasteiger partial charge in [0.25, 0.3) is 0 Å². The number of benzene rings is 2. The molecule has 0 aliphatic carbocycles. The number of thioether (sulfide) groups is 1. The van der Waals surface area contributed by atoms with Crippen LogP contribution in [0.4, 0.5) is 0 Å². The quantitative estimate of drug-likeness (QED) is 0.373. The first-order valence-electron chi connectivity index (χ1n) is 8.27. The van der Waals surface area contributed by atoms with Crippen LogP contribution < -0.4 is 0 Å². The van der Waals surface area contributed by atoms with Crippen LogP contribution >= 0.6 is 35.0 Å². The maximum atomic E-state index is 6.04. The van der Waals surface area contributed by atoms with Crippen LogP contribution in [0.25, 0.3) is 0 Å². The highest BCUT2D eigenvalue weighted by Gasteiger charge is 2.11. The number of halogens is 2. The summed E-state index contributed by atoms with van der Waals surface area (Å²) in [5.41, 5.74) is 2.10. The Kier molecular flexibility index (Phi) is 6.72. The fraction of sp³-hybridized carbons (Fsp3) is 0.211. The third-order valence-corrected chi connectivity index (χ3v) is 5.08. The second-order valence-corrected chi connectivity index (χ2v) is 7.49. The van der Waals surface area contributed by atoms with Gasteiger partial charge in [0.2, 0.25) is 5.16 Å². The molecule has 0 aliphatic rings. The van der Waals surface area contributed by atoms with Crippen LogP contribution in [0.15, 0.2) is 58.8 Å². The van der Waals surface area contributed by atoms with E-state index < -0.39 is 0 Å². The Morgan fingerprint density at radius 2 is 1.88 bits per heavy atom. The largest absolute Gasteiger partial charge is 0.212 e. The van der Waals surface area contributed by atoms with Gasteiger partial charge in [-0.15, -0.1) is 10.2 Å². The molecule has 0 saturated carbocycles. The van der Waals surface area contributed by atoms with Crippen molar-refractivity contribution in [1.29, 1.82) is 0 Å². The van der Waals surface area contributed by atoms with E-state index in [1.54, 1.807) is 18.0 Å². The lowest BCUT2D eigenvalue weighted by Crippen LogP contribution is -2.00. The average molecular weight is 405 g/mol. The van der Waals surface area contributed by atoms with Gasteiger partial charge in [0.15, 0.2) is 5.82 Å². The minimum absolute atomic E-state index is 0.684. The molecule has 0 amide bonds. The van der Waals surface area contributed by atoms with Crippen molar-refractivity contribution in [3.8, 4) is 0 Å². The summed E-state index contributed by atoms with van der Waals surface area (Å²) in [5.74, 6) is 1.62. The van der Waals surface area contributed by atoms with Gasteiger partial charge in [-0.1, -0.05) is 66.2 Å². The van der Waals surface area contributed by atoms with Crippen LogP contribution in [0, 0.1) is 0 Å². The van der Waals surface area contributed by atoms with E-state index in [0.29, 0.717) is 5.02 Å². The molecule has 26 heavy (non-hydrogen) atoms. The average Bonchev–Trinajstić information content (AvgIpc) is 3.02. The van der Waals surface area contributed by atoms with E-state index in [9.17, 15) is 0 Å². The van der Waals surface area contributed by atoms with Gasteiger partial charge in [0, 0.05) is 22.2 Å². The predicted octanol–water partition coefficient (Wildman–Crippen LogP) is 5.71. The summed E-state index contributed by atoms with van der Waals surface area (Å²) < 4.78 is 1.81. The van der Waals surface area contributed by atoms with Crippen LogP contribution in [0.1, 0.15) is 30.3 Å². The van der Waals surface area contributed by atoms with Crippen LogP contribution in [-0.4, -0.2) is 21.1 Å². The monoisotopic (exact) mass is 404 g/mol. The molecular formula is C19H18Cl2N4S. The molecular weight excluding hydrogens is 387 g/mol. The molecule has 0 spiro atoms. The van der Waals surface area contributed by atoms with Crippen molar-refractivity contribution in [1.82, 2.24) is 14.9 Å². The van der Waals surface area contributed by atoms with Gasteiger partial charge >= 0.3 is 0 Å². The third kappa shape index (κ3) is 5.10. The Morgan fingerprint density at radius 3 is 2.62 bits per heavy atom. The zero-order valence-corrected chi connectivity index (χ0v) is 16.6.